The third-order valence-electron chi connectivity index (χ3n) is 7.56. The normalized spacial score (nSPS) is 39.0. The lowest BCUT2D eigenvalue weighted by Crippen LogP contribution is -2.50. The Hall–Kier alpha value is -1.06. The van der Waals surface area contributed by atoms with Gasteiger partial charge in [0.2, 0.25) is 0 Å². The molecular weight excluding hydrogens is 324 g/mol. The van der Waals surface area contributed by atoms with Gasteiger partial charge in [0.05, 0.1) is 19.3 Å². The standard InChI is InChI=1S/C21H30O3.C2H6/c1-12(22)17-8-9-18-16-6-4-13-10-14(24-3)5-7-15(13)20(16)19(23)11-21(17,18)2;1-2/h5,7,10,12,16-20,22-23H,4,6,8-9,11H2,1-3H3;1-2H3/t12?,16?,17?,18?,19?,20?,21-;/m1./s1. The van der Waals surface area contributed by atoms with Gasteiger partial charge in [-0.2, -0.15) is 0 Å². The lowest BCUT2D eigenvalue weighted by molar-refractivity contribution is -0.0754. The molecular formula is C23H36O3. The lowest BCUT2D eigenvalue weighted by Gasteiger charge is -2.53. The van der Waals surface area contributed by atoms with E-state index in [4.69, 9.17) is 4.74 Å². The van der Waals surface area contributed by atoms with E-state index in [1.807, 2.05) is 26.8 Å². The van der Waals surface area contributed by atoms with Crippen molar-refractivity contribution < 1.29 is 14.9 Å². The van der Waals surface area contributed by atoms with E-state index in [1.165, 1.54) is 17.5 Å². The maximum absolute atomic E-state index is 11.1. The van der Waals surface area contributed by atoms with Crippen molar-refractivity contribution in [3.05, 3.63) is 29.3 Å². The Morgan fingerprint density at radius 1 is 1.19 bits per heavy atom. The van der Waals surface area contributed by atoms with Crippen LogP contribution in [0.25, 0.3) is 0 Å². The minimum Gasteiger partial charge on any atom is -0.497 e. The number of hydrogen-bond acceptors (Lipinski definition) is 3. The van der Waals surface area contributed by atoms with Crippen molar-refractivity contribution in [3.63, 3.8) is 0 Å². The Morgan fingerprint density at radius 3 is 2.58 bits per heavy atom. The summed E-state index contributed by atoms with van der Waals surface area (Å²) in [5.74, 6) is 2.67. The second kappa shape index (κ2) is 7.52. The van der Waals surface area contributed by atoms with Gasteiger partial charge in [-0.05, 0) is 85.5 Å². The summed E-state index contributed by atoms with van der Waals surface area (Å²) in [7, 11) is 1.71. The molecule has 2 fully saturated rings. The highest BCUT2D eigenvalue weighted by atomic mass is 16.5. The summed E-state index contributed by atoms with van der Waals surface area (Å²) in [4.78, 5) is 0. The number of rotatable bonds is 2. The quantitative estimate of drug-likeness (QED) is 0.814. The summed E-state index contributed by atoms with van der Waals surface area (Å²) in [6.07, 6.45) is 4.77. The van der Waals surface area contributed by atoms with Crippen molar-refractivity contribution in [2.24, 2.45) is 23.2 Å². The van der Waals surface area contributed by atoms with E-state index < -0.39 is 0 Å². The van der Waals surface area contributed by atoms with Gasteiger partial charge in [-0.1, -0.05) is 26.8 Å². The van der Waals surface area contributed by atoms with Crippen molar-refractivity contribution in [1.82, 2.24) is 0 Å². The maximum Gasteiger partial charge on any atom is 0.119 e. The molecule has 0 saturated heterocycles. The molecule has 1 aromatic carbocycles. The van der Waals surface area contributed by atoms with Crippen LogP contribution in [0.4, 0.5) is 0 Å². The maximum atomic E-state index is 11.1. The van der Waals surface area contributed by atoms with Crippen LogP contribution >= 0.6 is 0 Å². The van der Waals surface area contributed by atoms with E-state index in [1.54, 1.807) is 7.11 Å². The Kier molecular flexibility index (Phi) is 5.69. The van der Waals surface area contributed by atoms with Gasteiger partial charge in [0.1, 0.15) is 5.75 Å². The van der Waals surface area contributed by atoms with Crippen LogP contribution in [-0.2, 0) is 6.42 Å². The molecule has 26 heavy (non-hydrogen) atoms. The molecule has 3 aliphatic rings. The van der Waals surface area contributed by atoms with E-state index in [9.17, 15) is 10.2 Å². The van der Waals surface area contributed by atoms with Crippen LogP contribution < -0.4 is 4.74 Å². The van der Waals surface area contributed by atoms with Gasteiger partial charge in [0.15, 0.2) is 0 Å². The number of methoxy groups -OCH3 is 1. The number of benzene rings is 1. The zero-order valence-electron chi connectivity index (χ0n) is 17.0. The first-order valence-electron chi connectivity index (χ1n) is 10.5. The van der Waals surface area contributed by atoms with E-state index in [2.05, 4.69) is 19.1 Å². The molecule has 3 nitrogen and oxygen atoms in total. The smallest absolute Gasteiger partial charge is 0.119 e. The molecule has 0 aliphatic heterocycles. The first-order chi connectivity index (χ1) is 12.5. The minimum atomic E-state index is -0.303. The fraction of sp³-hybridized carbons (Fsp3) is 0.739. The fourth-order valence-corrected chi connectivity index (χ4v) is 6.60. The molecule has 0 bridgehead atoms. The van der Waals surface area contributed by atoms with Crippen LogP contribution in [0.1, 0.15) is 70.4 Å². The first kappa shape index (κ1) is 19.7. The SMILES string of the molecule is CC.COc1ccc2c(c1)CCC1C2C(O)C[C@]2(C)C(C(C)O)CCC12. The predicted molar refractivity (Wildman–Crippen MR) is 106 cm³/mol. The molecule has 7 atom stereocenters. The van der Waals surface area contributed by atoms with Crippen LogP contribution in [-0.4, -0.2) is 29.5 Å². The highest BCUT2D eigenvalue weighted by Gasteiger charge is 2.58. The average molecular weight is 361 g/mol. The summed E-state index contributed by atoms with van der Waals surface area (Å²) >= 11 is 0. The van der Waals surface area contributed by atoms with Crippen molar-refractivity contribution >= 4 is 0 Å². The molecule has 6 unspecified atom stereocenters. The third kappa shape index (κ3) is 2.97. The van der Waals surface area contributed by atoms with Crippen LogP contribution in [0.15, 0.2) is 18.2 Å². The average Bonchev–Trinajstić information content (AvgIpc) is 2.99. The van der Waals surface area contributed by atoms with Gasteiger partial charge in [-0.3, -0.25) is 0 Å². The van der Waals surface area contributed by atoms with Crippen molar-refractivity contribution in [3.8, 4) is 5.75 Å². The summed E-state index contributed by atoms with van der Waals surface area (Å²) in [5.41, 5.74) is 2.77. The molecule has 0 heterocycles. The van der Waals surface area contributed by atoms with E-state index in [0.717, 1.165) is 31.4 Å². The molecule has 2 saturated carbocycles. The van der Waals surface area contributed by atoms with Crippen LogP contribution in [0.3, 0.4) is 0 Å². The monoisotopic (exact) mass is 360 g/mol. The van der Waals surface area contributed by atoms with Crippen molar-refractivity contribution in [2.45, 2.75) is 77.9 Å². The topological polar surface area (TPSA) is 49.7 Å². The number of aliphatic hydroxyl groups is 2. The highest BCUT2D eigenvalue weighted by Crippen LogP contribution is 2.63. The van der Waals surface area contributed by atoms with Crippen LogP contribution in [0.5, 0.6) is 5.75 Å². The van der Waals surface area contributed by atoms with E-state index in [-0.39, 0.29) is 23.5 Å². The van der Waals surface area contributed by atoms with Crippen molar-refractivity contribution in [1.29, 1.82) is 0 Å². The zero-order valence-corrected chi connectivity index (χ0v) is 17.0. The predicted octanol–water partition coefficient (Wildman–Crippen LogP) is 4.55. The fourth-order valence-electron chi connectivity index (χ4n) is 6.60. The molecule has 0 amide bonds. The molecule has 0 radical (unpaired) electrons. The van der Waals surface area contributed by atoms with Crippen molar-refractivity contribution in [2.75, 3.05) is 7.11 Å². The largest absolute Gasteiger partial charge is 0.497 e. The number of aliphatic hydroxyl groups excluding tert-OH is 2. The van der Waals surface area contributed by atoms with Crippen LogP contribution in [0.2, 0.25) is 0 Å². The zero-order chi connectivity index (χ0) is 19.1. The second-order valence-electron chi connectivity index (χ2n) is 8.60. The second-order valence-corrected chi connectivity index (χ2v) is 8.60. The molecule has 0 aromatic heterocycles. The summed E-state index contributed by atoms with van der Waals surface area (Å²) in [6, 6.07) is 6.37. The van der Waals surface area contributed by atoms with Gasteiger partial charge in [0, 0.05) is 5.92 Å². The Morgan fingerprint density at radius 2 is 1.92 bits per heavy atom. The third-order valence-corrected chi connectivity index (χ3v) is 7.56. The summed E-state index contributed by atoms with van der Waals surface area (Å²) in [5, 5.41) is 21.3. The molecule has 1 aromatic rings. The molecule has 3 aliphatic carbocycles. The summed E-state index contributed by atoms with van der Waals surface area (Å²) in [6.45, 7) is 8.25. The number of aryl methyl sites for hydroxylation is 1. The van der Waals surface area contributed by atoms with E-state index >= 15 is 0 Å². The molecule has 0 spiro atoms. The van der Waals surface area contributed by atoms with Gasteiger partial charge < -0.3 is 14.9 Å². The Balaban J connectivity index is 0.000000948. The Bertz CT molecular complexity index is 626. The van der Waals surface area contributed by atoms with E-state index in [0.29, 0.717) is 17.8 Å². The van der Waals surface area contributed by atoms with Gasteiger partial charge in [0.25, 0.3) is 0 Å². The number of ether oxygens (including phenoxy) is 1. The molecule has 4 rings (SSSR count). The Labute approximate surface area is 158 Å². The van der Waals surface area contributed by atoms with Gasteiger partial charge >= 0.3 is 0 Å². The molecule has 2 N–H and O–H groups in total. The number of hydrogen-bond donors (Lipinski definition) is 2. The molecule has 3 heteroatoms. The minimum absolute atomic E-state index is 0.0821. The highest BCUT2D eigenvalue weighted by molar-refractivity contribution is 5.41. The van der Waals surface area contributed by atoms with Crippen LogP contribution in [0, 0.1) is 23.2 Å². The van der Waals surface area contributed by atoms with Gasteiger partial charge in [-0.25, -0.2) is 0 Å². The summed E-state index contributed by atoms with van der Waals surface area (Å²) < 4.78 is 5.38. The number of fused-ring (bicyclic) bond motifs is 5. The molecule has 146 valence electrons. The van der Waals surface area contributed by atoms with Gasteiger partial charge in [-0.15, -0.1) is 0 Å². The lowest BCUT2D eigenvalue weighted by atomic mass is 9.53. The first-order valence-corrected chi connectivity index (χ1v) is 10.5.